The maximum Gasteiger partial charge on any atom is 0.167 e. The molecule has 0 atom stereocenters. The van der Waals surface area contributed by atoms with Crippen molar-refractivity contribution in [2.45, 2.75) is 0 Å². The lowest BCUT2D eigenvalue weighted by molar-refractivity contribution is 0.358. The topological polar surface area (TPSA) is 68.1 Å². The van der Waals surface area contributed by atoms with E-state index in [0.29, 0.717) is 28.8 Å². The van der Waals surface area contributed by atoms with Gasteiger partial charge in [-0.1, -0.05) is 60.7 Å². The maximum absolute atomic E-state index is 10.5. The first-order chi connectivity index (χ1) is 13.7. The van der Waals surface area contributed by atoms with Crippen molar-refractivity contribution in [2.75, 3.05) is 6.61 Å². The predicted molar refractivity (Wildman–Crippen MR) is 109 cm³/mol. The number of hydrogen-bond donors (Lipinski definition) is 1. The summed E-state index contributed by atoms with van der Waals surface area (Å²) in [6.07, 6.45) is 0. The van der Waals surface area contributed by atoms with Gasteiger partial charge in [0.15, 0.2) is 17.5 Å². The molecule has 0 spiro atoms. The van der Waals surface area contributed by atoms with Crippen LogP contribution in [-0.2, 0) is 0 Å². The standard InChI is InChI=1S/C23H18N3O2/c1-2-28-18-13-14-19(20(27)15-18)23-25-21(16-9-5-3-6-10-16)24-22(26-23)17-11-7-4-8-12-17/h3-15,27H,1-2H2. The van der Waals surface area contributed by atoms with Gasteiger partial charge in [0.05, 0.1) is 12.2 Å². The third-order valence-electron chi connectivity index (χ3n) is 4.18. The summed E-state index contributed by atoms with van der Waals surface area (Å²) in [5.41, 5.74) is 2.26. The Balaban J connectivity index is 1.87. The molecule has 0 fully saturated rings. The van der Waals surface area contributed by atoms with E-state index < -0.39 is 0 Å². The number of hydrogen-bond acceptors (Lipinski definition) is 5. The number of ether oxygens (including phenoxy) is 1. The molecule has 137 valence electrons. The summed E-state index contributed by atoms with van der Waals surface area (Å²) in [7, 11) is 0. The fourth-order valence-corrected chi connectivity index (χ4v) is 2.84. The molecular formula is C23H18N3O2. The van der Waals surface area contributed by atoms with Crippen molar-refractivity contribution in [1.29, 1.82) is 0 Å². The summed E-state index contributed by atoms with van der Waals surface area (Å²) in [5.74, 6) is 2.06. The van der Waals surface area contributed by atoms with E-state index >= 15 is 0 Å². The van der Waals surface area contributed by atoms with Crippen molar-refractivity contribution in [2.24, 2.45) is 0 Å². The summed E-state index contributed by atoms with van der Waals surface area (Å²) in [4.78, 5) is 13.8. The summed E-state index contributed by atoms with van der Waals surface area (Å²) < 4.78 is 5.34. The molecule has 0 amide bonds. The Morgan fingerprint density at radius 2 is 1.25 bits per heavy atom. The van der Waals surface area contributed by atoms with Crippen LogP contribution in [0.5, 0.6) is 11.5 Å². The van der Waals surface area contributed by atoms with Crippen molar-refractivity contribution in [3.63, 3.8) is 0 Å². The molecule has 1 N–H and O–H groups in total. The summed E-state index contributed by atoms with van der Waals surface area (Å²) in [6, 6.07) is 24.4. The first-order valence-electron chi connectivity index (χ1n) is 8.87. The van der Waals surface area contributed by atoms with E-state index in [9.17, 15) is 5.11 Å². The van der Waals surface area contributed by atoms with Crippen LogP contribution in [0.25, 0.3) is 34.2 Å². The Bertz CT molecular complexity index is 1030. The summed E-state index contributed by atoms with van der Waals surface area (Å²) in [5, 5.41) is 10.5. The minimum atomic E-state index is 0.0372. The van der Waals surface area contributed by atoms with Gasteiger partial charge in [-0.3, -0.25) is 0 Å². The highest BCUT2D eigenvalue weighted by atomic mass is 16.5. The molecule has 5 nitrogen and oxygen atoms in total. The molecule has 0 unspecified atom stereocenters. The Morgan fingerprint density at radius 1 is 0.714 bits per heavy atom. The highest BCUT2D eigenvalue weighted by molar-refractivity contribution is 5.70. The second-order valence-electron chi connectivity index (χ2n) is 6.07. The summed E-state index contributed by atoms with van der Waals surface area (Å²) >= 11 is 0. The third kappa shape index (κ3) is 3.69. The van der Waals surface area contributed by atoms with Crippen LogP contribution in [0.15, 0.2) is 78.9 Å². The quantitative estimate of drug-likeness (QED) is 0.548. The van der Waals surface area contributed by atoms with Gasteiger partial charge in [-0.25, -0.2) is 15.0 Å². The molecule has 1 heterocycles. The van der Waals surface area contributed by atoms with Crippen LogP contribution < -0.4 is 4.74 Å². The molecule has 0 aliphatic rings. The SMILES string of the molecule is [CH2]COc1ccc(-c2nc(-c3ccccc3)nc(-c3ccccc3)n2)c(O)c1. The van der Waals surface area contributed by atoms with Crippen molar-refractivity contribution in [3.05, 3.63) is 85.8 Å². The molecule has 4 aromatic rings. The van der Waals surface area contributed by atoms with E-state index in [1.165, 1.54) is 6.07 Å². The minimum Gasteiger partial charge on any atom is -0.507 e. The number of aromatic nitrogens is 3. The smallest absolute Gasteiger partial charge is 0.167 e. The highest BCUT2D eigenvalue weighted by Crippen LogP contribution is 2.32. The lowest BCUT2D eigenvalue weighted by Gasteiger charge is -2.10. The van der Waals surface area contributed by atoms with Crippen molar-refractivity contribution >= 4 is 0 Å². The number of benzene rings is 3. The van der Waals surface area contributed by atoms with Crippen molar-refractivity contribution in [3.8, 4) is 45.7 Å². The van der Waals surface area contributed by atoms with Crippen LogP contribution in [-0.4, -0.2) is 26.7 Å². The van der Waals surface area contributed by atoms with Gasteiger partial charge in [0, 0.05) is 17.2 Å². The minimum absolute atomic E-state index is 0.0372. The third-order valence-corrected chi connectivity index (χ3v) is 4.18. The van der Waals surface area contributed by atoms with E-state index in [1.54, 1.807) is 12.1 Å². The first-order valence-corrected chi connectivity index (χ1v) is 8.87. The molecule has 0 aliphatic heterocycles. The fraction of sp³-hybridized carbons (Fsp3) is 0.0435. The zero-order chi connectivity index (χ0) is 19.3. The molecule has 0 saturated heterocycles. The van der Waals surface area contributed by atoms with E-state index in [1.807, 2.05) is 60.7 Å². The lowest BCUT2D eigenvalue weighted by atomic mass is 10.1. The Hall–Kier alpha value is -3.73. The number of rotatable bonds is 5. The van der Waals surface area contributed by atoms with Gasteiger partial charge in [0.25, 0.3) is 0 Å². The number of phenolic OH excluding ortho intramolecular Hbond substituents is 1. The molecule has 3 aromatic carbocycles. The predicted octanol–water partition coefficient (Wildman–Crippen LogP) is 4.79. The average Bonchev–Trinajstić information content (AvgIpc) is 2.75. The summed E-state index contributed by atoms with van der Waals surface area (Å²) in [6.45, 7) is 3.92. The van der Waals surface area contributed by atoms with Crippen LogP contribution in [0.2, 0.25) is 0 Å². The second kappa shape index (κ2) is 7.88. The zero-order valence-corrected chi connectivity index (χ0v) is 15.1. The largest absolute Gasteiger partial charge is 0.507 e. The first kappa shape index (κ1) is 17.7. The number of aromatic hydroxyl groups is 1. The van der Waals surface area contributed by atoms with E-state index in [4.69, 9.17) is 4.74 Å². The Labute approximate surface area is 163 Å². The highest BCUT2D eigenvalue weighted by Gasteiger charge is 2.15. The normalized spacial score (nSPS) is 10.6. The molecule has 0 aliphatic carbocycles. The second-order valence-corrected chi connectivity index (χ2v) is 6.07. The van der Waals surface area contributed by atoms with Crippen LogP contribution >= 0.6 is 0 Å². The van der Waals surface area contributed by atoms with Gasteiger partial charge < -0.3 is 9.84 Å². The molecule has 5 heteroatoms. The van der Waals surface area contributed by atoms with Gasteiger partial charge in [-0.15, -0.1) is 0 Å². The lowest BCUT2D eigenvalue weighted by Crippen LogP contribution is -2.00. The van der Waals surface area contributed by atoms with Crippen LogP contribution in [0.3, 0.4) is 0 Å². The van der Waals surface area contributed by atoms with E-state index in [2.05, 4.69) is 21.9 Å². The molecule has 1 radical (unpaired) electrons. The molecule has 28 heavy (non-hydrogen) atoms. The van der Waals surface area contributed by atoms with Crippen LogP contribution in [0.4, 0.5) is 0 Å². The number of phenols is 1. The molecule has 1 aromatic heterocycles. The van der Waals surface area contributed by atoms with Gasteiger partial charge in [-0.2, -0.15) is 0 Å². The molecular weight excluding hydrogens is 350 g/mol. The van der Waals surface area contributed by atoms with Crippen molar-refractivity contribution in [1.82, 2.24) is 15.0 Å². The van der Waals surface area contributed by atoms with E-state index in [-0.39, 0.29) is 12.4 Å². The molecule has 0 saturated carbocycles. The van der Waals surface area contributed by atoms with E-state index in [0.717, 1.165) is 11.1 Å². The fourth-order valence-electron chi connectivity index (χ4n) is 2.84. The average molecular weight is 368 g/mol. The zero-order valence-electron chi connectivity index (χ0n) is 15.1. The molecule has 4 rings (SSSR count). The number of nitrogens with zero attached hydrogens (tertiary/aromatic N) is 3. The van der Waals surface area contributed by atoms with Gasteiger partial charge in [-0.05, 0) is 19.1 Å². The van der Waals surface area contributed by atoms with Crippen LogP contribution in [0.1, 0.15) is 0 Å². The van der Waals surface area contributed by atoms with Crippen LogP contribution in [0, 0.1) is 6.92 Å². The molecule has 0 bridgehead atoms. The monoisotopic (exact) mass is 368 g/mol. The maximum atomic E-state index is 10.5. The van der Waals surface area contributed by atoms with Crippen molar-refractivity contribution < 1.29 is 9.84 Å². The Kier molecular flexibility index (Phi) is 4.97. The van der Waals surface area contributed by atoms with Gasteiger partial charge in [0.2, 0.25) is 0 Å². The van der Waals surface area contributed by atoms with Gasteiger partial charge >= 0.3 is 0 Å². The Morgan fingerprint density at radius 3 is 1.75 bits per heavy atom. The van der Waals surface area contributed by atoms with Gasteiger partial charge in [0.1, 0.15) is 11.5 Å².